The lowest BCUT2D eigenvalue weighted by Crippen LogP contribution is -2.22. The van der Waals surface area contributed by atoms with Crippen molar-refractivity contribution in [2.24, 2.45) is 0 Å². The Bertz CT molecular complexity index is 595. The maximum Gasteiger partial charge on any atom is 0.126 e. The van der Waals surface area contributed by atoms with Gasteiger partial charge in [-0.15, -0.1) is 0 Å². The summed E-state index contributed by atoms with van der Waals surface area (Å²) in [4.78, 5) is 0. The van der Waals surface area contributed by atoms with E-state index < -0.39 is 0 Å². The molecule has 108 valence electrons. The highest BCUT2D eigenvalue weighted by Crippen LogP contribution is 2.29. The van der Waals surface area contributed by atoms with Crippen molar-refractivity contribution in [1.82, 2.24) is 15.1 Å². The van der Waals surface area contributed by atoms with E-state index in [1.54, 1.807) is 19.2 Å². The van der Waals surface area contributed by atoms with Crippen LogP contribution in [-0.4, -0.2) is 16.8 Å². The highest BCUT2D eigenvalue weighted by molar-refractivity contribution is 6.31. The van der Waals surface area contributed by atoms with Crippen molar-refractivity contribution in [1.29, 1.82) is 0 Å². The molecule has 20 heavy (non-hydrogen) atoms. The van der Waals surface area contributed by atoms with Gasteiger partial charge in [0.05, 0.1) is 23.0 Å². The Morgan fingerprint density at radius 2 is 2.20 bits per heavy atom. The van der Waals surface area contributed by atoms with Gasteiger partial charge in [0.1, 0.15) is 5.82 Å². The standard InChI is InChI=1S/C15H19ClFN3/c1-4-7-20-15(12(16)9-19-20)14(18-3)11-5-6-13(17)10(2)8-11/h5-6,8-9,14,18H,4,7H2,1-3H3. The normalized spacial score (nSPS) is 12.7. The van der Waals surface area contributed by atoms with Gasteiger partial charge in [-0.3, -0.25) is 4.68 Å². The predicted molar refractivity (Wildman–Crippen MR) is 79.6 cm³/mol. The van der Waals surface area contributed by atoms with E-state index in [2.05, 4.69) is 17.3 Å². The Morgan fingerprint density at radius 3 is 2.80 bits per heavy atom. The van der Waals surface area contributed by atoms with Crippen LogP contribution in [0.25, 0.3) is 0 Å². The van der Waals surface area contributed by atoms with E-state index >= 15 is 0 Å². The van der Waals surface area contributed by atoms with Crippen molar-refractivity contribution in [3.63, 3.8) is 0 Å². The molecule has 0 aliphatic rings. The summed E-state index contributed by atoms with van der Waals surface area (Å²) < 4.78 is 15.3. The van der Waals surface area contributed by atoms with Crippen LogP contribution in [0.3, 0.4) is 0 Å². The van der Waals surface area contributed by atoms with Gasteiger partial charge in [-0.2, -0.15) is 5.10 Å². The van der Waals surface area contributed by atoms with Crippen LogP contribution < -0.4 is 5.32 Å². The summed E-state index contributed by atoms with van der Waals surface area (Å²) in [6.45, 7) is 4.66. The van der Waals surface area contributed by atoms with E-state index in [-0.39, 0.29) is 11.9 Å². The van der Waals surface area contributed by atoms with E-state index in [9.17, 15) is 4.39 Å². The van der Waals surface area contributed by atoms with Crippen LogP contribution in [0, 0.1) is 12.7 Å². The van der Waals surface area contributed by atoms with Crippen LogP contribution in [0.15, 0.2) is 24.4 Å². The third kappa shape index (κ3) is 2.86. The van der Waals surface area contributed by atoms with Crippen molar-refractivity contribution in [2.75, 3.05) is 7.05 Å². The number of rotatable bonds is 5. The lowest BCUT2D eigenvalue weighted by molar-refractivity contribution is 0.533. The monoisotopic (exact) mass is 295 g/mol. The fourth-order valence-electron chi connectivity index (χ4n) is 2.36. The molecule has 1 unspecified atom stereocenters. The van der Waals surface area contributed by atoms with Gasteiger partial charge in [0.2, 0.25) is 0 Å². The molecule has 1 atom stereocenters. The van der Waals surface area contributed by atoms with Crippen LogP contribution >= 0.6 is 11.6 Å². The zero-order valence-corrected chi connectivity index (χ0v) is 12.7. The topological polar surface area (TPSA) is 29.9 Å². The first kappa shape index (κ1) is 15.0. The SMILES string of the molecule is CCCn1ncc(Cl)c1C(NC)c1ccc(F)c(C)c1. The molecule has 0 saturated carbocycles. The van der Waals surface area contributed by atoms with Crippen LogP contribution in [0.5, 0.6) is 0 Å². The molecule has 1 aromatic heterocycles. The summed E-state index contributed by atoms with van der Waals surface area (Å²) >= 11 is 6.28. The molecule has 0 aliphatic heterocycles. The molecule has 0 fully saturated rings. The minimum atomic E-state index is -0.197. The van der Waals surface area contributed by atoms with Gasteiger partial charge in [-0.1, -0.05) is 30.7 Å². The molecule has 5 heteroatoms. The number of hydrogen-bond acceptors (Lipinski definition) is 2. The molecule has 2 rings (SSSR count). The Morgan fingerprint density at radius 1 is 1.45 bits per heavy atom. The maximum absolute atomic E-state index is 13.4. The number of benzene rings is 1. The highest BCUT2D eigenvalue weighted by Gasteiger charge is 2.21. The Hall–Kier alpha value is -1.39. The summed E-state index contributed by atoms with van der Waals surface area (Å²) in [5, 5.41) is 8.17. The van der Waals surface area contributed by atoms with Gasteiger partial charge in [0, 0.05) is 6.54 Å². The molecule has 0 bridgehead atoms. The average Bonchev–Trinajstić information content (AvgIpc) is 2.77. The maximum atomic E-state index is 13.4. The molecule has 0 aliphatic carbocycles. The Labute approximate surface area is 123 Å². The number of nitrogens with zero attached hydrogens (tertiary/aromatic N) is 2. The first-order valence-electron chi connectivity index (χ1n) is 6.73. The average molecular weight is 296 g/mol. The van der Waals surface area contributed by atoms with Crippen molar-refractivity contribution in [3.05, 3.63) is 52.1 Å². The van der Waals surface area contributed by atoms with Gasteiger partial charge < -0.3 is 5.32 Å². The molecule has 2 aromatic rings. The van der Waals surface area contributed by atoms with Crippen molar-refractivity contribution in [3.8, 4) is 0 Å². The third-order valence-corrected chi connectivity index (χ3v) is 3.64. The molecule has 1 aromatic carbocycles. The van der Waals surface area contributed by atoms with Crippen molar-refractivity contribution in [2.45, 2.75) is 32.9 Å². The van der Waals surface area contributed by atoms with E-state index in [0.29, 0.717) is 10.6 Å². The second-order valence-electron chi connectivity index (χ2n) is 4.83. The van der Waals surface area contributed by atoms with Crippen molar-refractivity contribution >= 4 is 11.6 Å². The predicted octanol–water partition coefficient (Wildman–Crippen LogP) is 3.70. The molecular weight excluding hydrogens is 277 g/mol. The third-order valence-electron chi connectivity index (χ3n) is 3.35. The Balaban J connectivity index is 2.46. The van der Waals surface area contributed by atoms with Crippen LogP contribution in [0.2, 0.25) is 5.02 Å². The fourth-order valence-corrected chi connectivity index (χ4v) is 2.61. The summed E-state index contributed by atoms with van der Waals surface area (Å²) in [5.41, 5.74) is 2.52. The van der Waals surface area contributed by atoms with Crippen LogP contribution in [0.1, 0.15) is 36.2 Å². The summed E-state index contributed by atoms with van der Waals surface area (Å²) in [5.74, 6) is -0.197. The lowest BCUT2D eigenvalue weighted by atomic mass is 10.0. The molecule has 0 spiro atoms. The summed E-state index contributed by atoms with van der Waals surface area (Å²) in [6.07, 6.45) is 2.64. The number of halogens is 2. The number of hydrogen-bond donors (Lipinski definition) is 1. The number of nitrogens with one attached hydrogen (secondary N) is 1. The van der Waals surface area contributed by atoms with E-state index in [1.807, 2.05) is 17.8 Å². The first-order chi connectivity index (χ1) is 9.58. The van der Waals surface area contributed by atoms with Crippen LogP contribution in [0.4, 0.5) is 4.39 Å². The molecule has 1 N–H and O–H groups in total. The molecule has 0 saturated heterocycles. The van der Waals surface area contributed by atoms with Gasteiger partial charge >= 0.3 is 0 Å². The number of aromatic nitrogens is 2. The quantitative estimate of drug-likeness (QED) is 0.911. The minimum Gasteiger partial charge on any atom is -0.308 e. The van der Waals surface area contributed by atoms with Gasteiger partial charge in [-0.05, 0) is 37.6 Å². The summed E-state index contributed by atoms with van der Waals surface area (Å²) in [7, 11) is 1.86. The van der Waals surface area contributed by atoms with E-state index in [4.69, 9.17) is 11.6 Å². The van der Waals surface area contributed by atoms with E-state index in [1.165, 1.54) is 6.07 Å². The minimum absolute atomic E-state index is 0.101. The fraction of sp³-hybridized carbons (Fsp3) is 0.400. The first-order valence-corrected chi connectivity index (χ1v) is 7.10. The zero-order chi connectivity index (χ0) is 14.7. The smallest absolute Gasteiger partial charge is 0.126 e. The van der Waals surface area contributed by atoms with Gasteiger partial charge in [0.25, 0.3) is 0 Å². The molecule has 0 radical (unpaired) electrons. The lowest BCUT2D eigenvalue weighted by Gasteiger charge is -2.19. The number of aryl methyl sites for hydroxylation is 2. The van der Waals surface area contributed by atoms with Crippen molar-refractivity contribution < 1.29 is 4.39 Å². The molecule has 3 nitrogen and oxygen atoms in total. The Kier molecular flexibility index (Phi) is 4.78. The highest BCUT2D eigenvalue weighted by atomic mass is 35.5. The van der Waals surface area contributed by atoms with Gasteiger partial charge in [-0.25, -0.2) is 4.39 Å². The van der Waals surface area contributed by atoms with Gasteiger partial charge in [0.15, 0.2) is 0 Å². The zero-order valence-electron chi connectivity index (χ0n) is 12.0. The molecule has 0 amide bonds. The molecular formula is C15H19ClFN3. The summed E-state index contributed by atoms with van der Waals surface area (Å²) in [6, 6.07) is 5.01. The molecule has 1 heterocycles. The largest absolute Gasteiger partial charge is 0.308 e. The van der Waals surface area contributed by atoms with Crippen LogP contribution in [-0.2, 0) is 6.54 Å². The second kappa shape index (κ2) is 6.37. The second-order valence-corrected chi connectivity index (χ2v) is 5.24. The van der Waals surface area contributed by atoms with E-state index in [0.717, 1.165) is 24.2 Å².